The molecule has 8 heteroatoms. The highest BCUT2D eigenvalue weighted by Gasteiger charge is 2.27. The highest BCUT2D eigenvalue weighted by Crippen LogP contribution is 2.22. The fourth-order valence-corrected chi connectivity index (χ4v) is 3.31. The van der Waals surface area contributed by atoms with Crippen molar-refractivity contribution in [1.82, 2.24) is 15.1 Å². The van der Waals surface area contributed by atoms with E-state index in [-0.39, 0.29) is 41.1 Å². The van der Waals surface area contributed by atoms with Gasteiger partial charge in [0, 0.05) is 45.2 Å². The number of aliphatic imine (C=N–C) groups is 1. The molecule has 0 saturated carbocycles. The van der Waals surface area contributed by atoms with Crippen molar-refractivity contribution in [2.75, 3.05) is 39.8 Å². The number of carbonyl (C=O) groups is 1. The van der Waals surface area contributed by atoms with E-state index < -0.39 is 0 Å². The predicted octanol–water partition coefficient (Wildman–Crippen LogP) is 3.35. The molecule has 0 unspecified atom stereocenters. The fourth-order valence-electron chi connectivity index (χ4n) is 3.31. The van der Waals surface area contributed by atoms with Crippen LogP contribution in [-0.2, 0) is 5.41 Å². The van der Waals surface area contributed by atoms with Crippen LogP contribution in [0.1, 0.15) is 30.0 Å². The number of guanidine groups is 1. The van der Waals surface area contributed by atoms with Gasteiger partial charge < -0.3 is 19.5 Å². The number of nitrogens with one attached hydrogen (secondary N) is 1. The minimum absolute atomic E-state index is 0. The zero-order valence-electron chi connectivity index (χ0n) is 17.0. The predicted molar refractivity (Wildman–Crippen MR) is 122 cm³/mol. The van der Waals surface area contributed by atoms with Gasteiger partial charge in [0.15, 0.2) is 11.7 Å². The van der Waals surface area contributed by atoms with E-state index in [1.54, 1.807) is 24.1 Å². The molecular weight excluding hydrogens is 486 g/mol. The first-order chi connectivity index (χ1) is 13.4. The van der Waals surface area contributed by atoms with Crippen LogP contribution < -0.4 is 5.32 Å². The van der Waals surface area contributed by atoms with Crippen LogP contribution in [0.25, 0.3) is 0 Å². The van der Waals surface area contributed by atoms with Gasteiger partial charge in [-0.2, -0.15) is 0 Å². The first kappa shape index (κ1) is 23.2. The molecule has 0 spiro atoms. The van der Waals surface area contributed by atoms with Crippen molar-refractivity contribution < 1.29 is 13.6 Å². The van der Waals surface area contributed by atoms with E-state index in [1.165, 1.54) is 18.4 Å². The highest BCUT2D eigenvalue weighted by molar-refractivity contribution is 14.0. The van der Waals surface area contributed by atoms with Crippen molar-refractivity contribution in [1.29, 1.82) is 0 Å². The van der Waals surface area contributed by atoms with Crippen molar-refractivity contribution in [3.8, 4) is 0 Å². The van der Waals surface area contributed by atoms with Crippen LogP contribution >= 0.6 is 24.0 Å². The van der Waals surface area contributed by atoms with Crippen molar-refractivity contribution >= 4 is 35.8 Å². The second-order valence-electron chi connectivity index (χ2n) is 7.55. The normalized spacial score (nSPS) is 15.1. The molecule has 1 aliphatic heterocycles. The van der Waals surface area contributed by atoms with Crippen molar-refractivity contribution in [3.05, 3.63) is 59.8 Å². The molecule has 3 rings (SSSR count). The third kappa shape index (κ3) is 5.71. The van der Waals surface area contributed by atoms with Crippen LogP contribution in [0, 0.1) is 5.82 Å². The van der Waals surface area contributed by atoms with E-state index in [0.717, 1.165) is 11.5 Å². The Morgan fingerprint density at radius 3 is 2.31 bits per heavy atom. The molecule has 1 fully saturated rings. The molecule has 0 bridgehead atoms. The minimum Gasteiger partial charge on any atom is -0.459 e. The Morgan fingerprint density at radius 2 is 1.76 bits per heavy atom. The first-order valence-corrected chi connectivity index (χ1v) is 9.45. The van der Waals surface area contributed by atoms with Gasteiger partial charge in [0.1, 0.15) is 5.82 Å². The Hall–Kier alpha value is -2.10. The average Bonchev–Trinajstić information content (AvgIpc) is 3.23. The number of piperazine rings is 1. The third-order valence-corrected chi connectivity index (χ3v) is 5.12. The molecule has 1 N–H and O–H groups in total. The molecule has 6 nitrogen and oxygen atoms in total. The maximum atomic E-state index is 13.2. The summed E-state index contributed by atoms with van der Waals surface area (Å²) >= 11 is 0. The number of amides is 1. The Bertz CT molecular complexity index is 814. The van der Waals surface area contributed by atoms with Crippen LogP contribution in [0.15, 0.2) is 52.1 Å². The van der Waals surface area contributed by atoms with Crippen LogP contribution in [0.4, 0.5) is 4.39 Å². The summed E-state index contributed by atoms with van der Waals surface area (Å²) in [6.45, 7) is 7.51. The van der Waals surface area contributed by atoms with Gasteiger partial charge in [0.2, 0.25) is 0 Å². The minimum atomic E-state index is -0.231. The van der Waals surface area contributed by atoms with Gasteiger partial charge in [-0.1, -0.05) is 26.0 Å². The van der Waals surface area contributed by atoms with Crippen molar-refractivity contribution in [2.24, 2.45) is 4.99 Å². The number of carbonyl (C=O) groups excluding carboxylic acids is 1. The topological polar surface area (TPSA) is 61.1 Å². The van der Waals surface area contributed by atoms with Crippen molar-refractivity contribution in [3.63, 3.8) is 0 Å². The quantitative estimate of drug-likeness (QED) is 0.387. The van der Waals surface area contributed by atoms with Gasteiger partial charge in [-0.15, -0.1) is 24.0 Å². The van der Waals surface area contributed by atoms with E-state index in [1.807, 2.05) is 12.1 Å². The summed E-state index contributed by atoms with van der Waals surface area (Å²) in [5.74, 6) is 0.868. The van der Waals surface area contributed by atoms with Gasteiger partial charge in [-0.25, -0.2) is 4.39 Å². The maximum Gasteiger partial charge on any atom is 0.289 e. The molecule has 2 heterocycles. The molecule has 1 aliphatic rings. The van der Waals surface area contributed by atoms with Gasteiger partial charge in [-0.05, 0) is 29.8 Å². The lowest BCUT2D eigenvalue weighted by Crippen LogP contribution is -2.54. The molecule has 0 atom stereocenters. The summed E-state index contributed by atoms with van der Waals surface area (Å²) in [6.07, 6.45) is 1.51. The molecular formula is C21H28FIN4O2. The smallest absolute Gasteiger partial charge is 0.289 e. The molecule has 1 aromatic heterocycles. The van der Waals surface area contributed by atoms with Gasteiger partial charge in [-0.3, -0.25) is 9.79 Å². The largest absolute Gasteiger partial charge is 0.459 e. The summed E-state index contributed by atoms with van der Waals surface area (Å²) in [5, 5.41) is 3.42. The number of benzene rings is 1. The van der Waals surface area contributed by atoms with Gasteiger partial charge in [0.05, 0.1) is 6.26 Å². The Kier molecular flexibility index (Phi) is 8.06. The number of hydrogen-bond acceptors (Lipinski definition) is 3. The zero-order chi connectivity index (χ0) is 20.1. The van der Waals surface area contributed by atoms with Crippen LogP contribution in [-0.4, -0.2) is 61.4 Å². The van der Waals surface area contributed by atoms with E-state index in [9.17, 15) is 9.18 Å². The molecule has 29 heavy (non-hydrogen) atoms. The number of halogens is 2. The number of rotatable bonds is 4. The molecule has 1 aromatic carbocycles. The molecule has 1 saturated heterocycles. The summed E-state index contributed by atoms with van der Waals surface area (Å²) in [7, 11) is 1.76. The van der Waals surface area contributed by atoms with Crippen molar-refractivity contribution in [2.45, 2.75) is 19.3 Å². The van der Waals surface area contributed by atoms with E-state index >= 15 is 0 Å². The van der Waals surface area contributed by atoms with E-state index in [0.29, 0.717) is 38.5 Å². The standard InChI is InChI=1S/C21H27FN4O2.HI/c1-21(2,16-6-8-17(22)9-7-16)15-24-20(23-3)26-12-10-25(11-13-26)19(27)18-5-4-14-28-18;/h4-9,14H,10-13,15H2,1-3H3,(H,23,24);1H. The second-order valence-corrected chi connectivity index (χ2v) is 7.55. The van der Waals surface area contributed by atoms with Gasteiger partial charge in [0.25, 0.3) is 5.91 Å². The Balaban J connectivity index is 0.00000300. The average molecular weight is 514 g/mol. The summed E-state index contributed by atoms with van der Waals surface area (Å²) in [4.78, 5) is 20.7. The molecule has 2 aromatic rings. The lowest BCUT2D eigenvalue weighted by Gasteiger charge is -2.37. The van der Waals surface area contributed by atoms with Gasteiger partial charge >= 0.3 is 0 Å². The first-order valence-electron chi connectivity index (χ1n) is 9.45. The molecule has 1 amide bonds. The van der Waals surface area contributed by atoms with Crippen LogP contribution in [0.2, 0.25) is 0 Å². The molecule has 158 valence electrons. The number of nitrogens with zero attached hydrogens (tertiary/aromatic N) is 3. The van der Waals surface area contributed by atoms with Crippen LogP contribution in [0.3, 0.4) is 0 Å². The van der Waals surface area contributed by atoms with E-state index in [2.05, 4.69) is 29.1 Å². The lowest BCUT2D eigenvalue weighted by atomic mass is 9.84. The summed E-state index contributed by atoms with van der Waals surface area (Å²) < 4.78 is 18.4. The third-order valence-electron chi connectivity index (χ3n) is 5.12. The monoisotopic (exact) mass is 514 g/mol. The molecule has 0 radical (unpaired) electrons. The summed E-state index contributed by atoms with van der Waals surface area (Å²) in [5.41, 5.74) is 0.881. The SMILES string of the molecule is CN=C(NCC(C)(C)c1ccc(F)cc1)N1CCN(C(=O)c2ccco2)CC1.I. The number of furan rings is 1. The van der Waals surface area contributed by atoms with Crippen LogP contribution in [0.5, 0.6) is 0 Å². The fraction of sp³-hybridized carbons (Fsp3) is 0.429. The summed E-state index contributed by atoms with van der Waals surface area (Å²) in [6, 6.07) is 10.0. The van der Waals surface area contributed by atoms with E-state index in [4.69, 9.17) is 4.42 Å². The second kappa shape index (κ2) is 10.1. The number of hydrogen-bond donors (Lipinski definition) is 1. The zero-order valence-corrected chi connectivity index (χ0v) is 19.4. The molecule has 0 aliphatic carbocycles. The lowest BCUT2D eigenvalue weighted by molar-refractivity contribution is 0.0657. The Labute approximate surface area is 188 Å². The maximum absolute atomic E-state index is 13.2. The Morgan fingerprint density at radius 1 is 1.14 bits per heavy atom. The highest BCUT2D eigenvalue weighted by atomic mass is 127.